The Morgan fingerprint density at radius 3 is 2.38 bits per heavy atom. The molecule has 0 aromatic heterocycles. The largest absolute Gasteiger partial charge is 0.481 e. The summed E-state index contributed by atoms with van der Waals surface area (Å²) in [6.07, 6.45) is 3.49. The molecule has 2 aliphatic rings. The lowest BCUT2D eigenvalue weighted by Gasteiger charge is -2.24. The Balaban J connectivity index is 1.74. The molecule has 1 saturated heterocycles. The lowest BCUT2D eigenvalue weighted by Crippen LogP contribution is -2.46. The number of rotatable bonds is 5. The summed E-state index contributed by atoms with van der Waals surface area (Å²) in [5.74, 6) is -0.599. The molecule has 7 nitrogen and oxygen atoms in total. The Bertz CT molecular complexity index is 511. The Labute approximate surface area is 124 Å². The molecule has 2 amide bonds. The first kappa shape index (κ1) is 16.1. The molecule has 0 spiro atoms. The SMILES string of the molecule is O=C(NCC1CCS(=O)(=O)C1)NCC1(C(=O)O)CCCC1. The van der Waals surface area contributed by atoms with Crippen LogP contribution in [0.1, 0.15) is 32.1 Å². The molecule has 0 radical (unpaired) electrons. The molecule has 8 heteroatoms. The zero-order valence-electron chi connectivity index (χ0n) is 11.9. The van der Waals surface area contributed by atoms with E-state index < -0.39 is 27.3 Å². The molecule has 2 fully saturated rings. The predicted molar refractivity (Wildman–Crippen MR) is 76.7 cm³/mol. The molecular weight excluding hydrogens is 296 g/mol. The molecule has 0 aromatic rings. The summed E-state index contributed by atoms with van der Waals surface area (Å²) in [4.78, 5) is 23.1. The first-order valence-electron chi connectivity index (χ1n) is 7.29. The van der Waals surface area contributed by atoms with E-state index in [0.29, 0.717) is 25.8 Å². The van der Waals surface area contributed by atoms with Gasteiger partial charge < -0.3 is 15.7 Å². The maximum absolute atomic E-state index is 11.7. The molecule has 2 rings (SSSR count). The van der Waals surface area contributed by atoms with Crippen molar-refractivity contribution in [3.8, 4) is 0 Å². The molecule has 3 N–H and O–H groups in total. The van der Waals surface area contributed by atoms with Crippen molar-refractivity contribution in [2.45, 2.75) is 32.1 Å². The van der Waals surface area contributed by atoms with Crippen molar-refractivity contribution in [3.63, 3.8) is 0 Å². The smallest absolute Gasteiger partial charge is 0.314 e. The average molecular weight is 318 g/mol. The number of carboxylic acids is 1. The van der Waals surface area contributed by atoms with Gasteiger partial charge in [0.2, 0.25) is 0 Å². The van der Waals surface area contributed by atoms with Crippen LogP contribution in [0.5, 0.6) is 0 Å². The van der Waals surface area contributed by atoms with E-state index >= 15 is 0 Å². The van der Waals surface area contributed by atoms with Gasteiger partial charge in [-0.1, -0.05) is 12.8 Å². The summed E-state index contributed by atoms with van der Waals surface area (Å²) in [7, 11) is -2.94. The molecule has 1 saturated carbocycles. The molecule has 1 aliphatic carbocycles. The lowest BCUT2D eigenvalue weighted by atomic mass is 9.86. The standard InChI is InChI=1S/C13H22N2O5S/c16-11(17)13(4-1-2-5-13)9-15-12(18)14-7-10-3-6-21(19,20)8-10/h10H,1-9H2,(H,16,17)(H2,14,15,18). The Morgan fingerprint density at radius 1 is 1.19 bits per heavy atom. The third-order valence-corrected chi connectivity index (χ3v) is 6.32. The number of hydrogen-bond acceptors (Lipinski definition) is 4. The van der Waals surface area contributed by atoms with E-state index in [4.69, 9.17) is 0 Å². The zero-order valence-corrected chi connectivity index (χ0v) is 12.7. The number of carbonyl (C=O) groups is 2. The van der Waals surface area contributed by atoms with E-state index in [9.17, 15) is 23.1 Å². The lowest BCUT2D eigenvalue weighted by molar-refractivity contribution is -0.148. The van der Waals surface area contributed by atoms with Crippen LogP contribution >= 0.6 is 0 Å². The van der Waals surface area contributed by atoms with Crippen molar-refractivity contribution in [1.82, 2.24) is 10.6 Å². The van der Waals surface area contributed by atoms with E-state index in [2.05, 4.69) is 10.6 Å². The van der Waals surface area contributed by atoms with Gasteiger partial charge in [-0.3, -0.25) is 4.79 Å². The molecule has 0 bridgehead atoms. The van der Waals surface area contributed by atoms with Crippen molar-refractivity contribution in [3.05, 3.63) is 0 Å². The molecule has 21 heavy (non-hydrogen) atoms. The van der Waals surface area contributed by atoms with Gasteiger partial charge in [-0.05, 0) is 25.2 Å². The highest BCUT2D eigenvalue weighted by molar-refractivity contribution is 7.91. The third kappa shape index (κ3) is 4.09. The number of urea groups is 1. The summed E-state index contributed by atoms with van der Waals surface area (Å²) in [5.41, 5.74) is -0.839. The number of sulfone groups is 1. The minimum absolute atomic E-state index is 0.0411. The van der Waals surface area contributed by atoms with Gasteiger partial charge in [-0.25, -0.2) is 13.2 Å². The quantitative estimate of drug-likeness (QED) is 0.678. The van der Waals surface area contributed by atoms with Gasteiger partial charge >= 0.3 is 12.0 Å². The molecule has 1 aliphatic heterocycles. The fourth-order valence-electron chi connectivity index (χ4n) is 3.10. The van der Waals surface area contributed by atoms with E-state index in [-0.39, 0.29) is 24.0 Å². The van der Waals surface area contributed by atoms with Crippen LogP contribution < -0.4 is 10.6 Å². The third-order valence-electron chi connectivity index (χ3n) is 4.48. The number of nitrogens with one attached hydrogen (secondary N) is 2. The van der Waals surface area contributed by atoms with Crippen molar-refractivity contribution in [1.29, 1.82) is 0 Å². The van der Waals surface area contributed by atoms with Gasteiger partial charge in [0.05, 0.1) is 16.9 Å². The van der Waals surface area contributed by atoms with Crippen LogP contribution in [0.3, 0.4) is 0 Å². The van der Waals surface area contributed by atoms with Crippen molar-refractivity contribution < 1.29 is 23.1 Å². The van der Waals surface area contributed by atoms with E-state index in [1.54, 1.807) is 0 Å². The maximum Gasteiger partial charge on any atom is 0.314 e. The first-order chi connectivity index (χ1) is 9.83. The molecule has 1 atom stereocenters. The molecule has 1 unspecified atom stereocenters. The second-order valence-corrected chi connectivity index (χ2v) is 8.35. The van der Waals surface area contributed by atoms with Crippen molar-refractivity contribution >= 4 is 21.8 Å². The van der Waals surface area contributed by atoms with E-state index in [1.165, 1.54) is 0 Å². The summed E-state index contributed by atoms with van der Waals surface area (Å²) in [5, 5.41) is 14.5. The van der Waals surface area contributed by atoms with Crippen LogP contribution in [0, 0.1) is 11.3 Å². The normalized spacial score (nSPS) is 26.4. The number of carboxylic acid groups (broad SMARTS) is 1. The number of hydrogen-bond donors (Lipinski definition) is 3. The van der Waals surface area contributed by atoms with Gasteiger partial charge in [0.15, 0.2) is 9.84 Å². The van der Waals surface area contributed by atoms with Gasteiger partial charge in [0.1, 0.15) is 0 Å². The first-order valence-corrected chi connectivity index (χ1v) is 9.11. The minimum atomic E-state index is -2.94. The fourth-order valence-corrected chi connectivity index (χ4v) is 4.96. The van der Waals surface area contributed by atoms with Crippen LogP contribution in [0.15, 0.2) is 0 Å². The second-order valence-electron chi connectivity index (χ2n) is 6.13. The van der Waals surface area contributed by atoms with Crippen molar-refractivity contribution in [2.24, 2.45) is 11.3 Å². The van der Waals surface area contributed by atoms with Crippen molar-refractivity contribution in [2.75, 3.05) is 24.6 Å². The van der Waals surface area contributed by atoms with Gasteiger partial charge in [0.25, 0.3) is 0 Å². The number of aliphatic carboxylic acids is 1. The van der Waals surface area contributed by atoms with Gasteiger partial charge in [0, 0.05) is 13.1 Å². The summed E-state index contributed by atoms with van der Waals surface area (Å²) in [6.45, 7) is 0.433. The van der Waals surface area contributed by atoms with Crippen LogP contribution in [-0.4, -0.2) is 50.1 Å². The second kappa shape index (κ2) is 6.21. The maximum atomic E-state index is 11.7. The Hall–Kier alpha value is -1.31. The predicted octanol–water partition coefficient (Wildman–Crippen LogP) is 0.365. The highest BCUT2D eigenvalue weighted by atomic mass is 32.2. The van der Waals surface area contributed by atoms with Gasteiger partial charge in [-0.2, -0.15) is 0 Å². The molecule has 1 heterocycles. The number of amides is 2. The molecule has 120 valence electrons. The fraction of sp³-hybridized carbons (Fsp3) is 0.846. The van der Waals surface area contributed by atoms with E-state index in [0.717, 1.165) is 12.8 Å². The van der Waals surface area contributed by atoms with Crippen LogP contribution in [0.4, 0.5) is 4.79 Å². The Morgan fingerprint density at radius 2 is 1.86 bits per heavy atom. The molecule has 0 aromatic carbocycles. The highest BCUT2D eigenvalue weighted by Gasteiger charge is 2.41. The minimum Gasteiger partial charge on any atom is -0.481 e. The van der Waals surface area contributed by atoms with Gasteiger partial charge in [-0.15, -0.1) is 0 Å². The van der Waals surface area contributed by atoms with Crippen LogP contribution in [0.25, 0.3) is 0 Å². The summed E-state index contributed by atoms with van der Waals surface area (Å²) in [6, 6.07) is -0.424. The molecular formula is C13H22N2O5S. The van der Waals surface area contributed by atoms with Crippen LogP contribution in [0.2, 0.25) is 0 Å². The summed E-state index contributed by atoms with van der Waals surface area (Å²) < 4.78 is 22.6. The average Bonchev–Trinajstić information content (AvgIpc) is 3.01. The van der Waals surface area contributed by atoms with E-state index in [1.807, 2.05) is 0 Å². The zero-order chi connectivity index (χ0) is 15.5. The summed E-state index contributed by atoms with van der Waals surface area (Å²) >= 11 is 0. The monoisotopic (exact) mass is 318 g/mol. The van der Waals surface area contributed by atoms with Crippen LogP contribution in [-0.2, 0) is 14.6 Å². The highest BCUT2D eigenvalue weighted by Crippen LogP contribution is 2.37. The number of carbonyl (C=O) groups excluding carboxylic acids is 1. The topological polar surface area (TPSA) is 113 Å². The Kier molecular flexibility index (Phi) is 4.75.